The van der Waals surface area contributed by atoms with Crippen LogP contribution in [0.1, 0.15) is 29.0 Å². The molecule has 0 bridgehead atoms. The minimum absolute atomic E-state index is 0.414. The van der Waals surface area contributed by atoms with Crippen LogP contribution in [0.2, 0.25) is 0 Å². The minimum atomic E-state index is -0.809. The molecule has 1 N–H and O–H groups in total. The van der Waals surface area contributed by atoms with Crippen molar-refractivity contribution in [2.75, 3.05) is 6.61 Å². The zero-order valence-corrected chi connectivity index (χ0v) is 12.6. The number of aliphatic carboxylic acids is 1. The third-order valence-electron chi connectivity index (χ3n) is 3.89. The third-order valence-corrected chi connectivity index (χ3v) is 3.89. The number of hydrogen-bond donors (Lipinski definition) is 1. The summed E-state index contributed by atoms with van der Waals surface area (Å²) in [4.78, 5) is 11.3. The van der Waals surface area contributed by atoms with Crippen LogP contribution in [0.4, 0.5) is 0 Å². The Hall–Kier alpha value is -2.49. The number of carboxylic acids is 1. The van der Waals surface area contributed by atoms with Crippen molar-refractivity contribution < 1.29 is 19.4 Å². The maximum absolute atomic E-state index is 11.3. The Balaban J connectivity index is 1.94. The second kappa shape index (κ2) is 5.72. The first-order valence-electron chi connectivity index (χ1n) is 7.29. The minimum Gasteiger partial charge on any atom is -0.493 e. The molecule has 22 heavy (non-hydrogen) atoms. The van der Waals surface area contributed by atoms with E-state index in [4.69, 9.17) is 9.47 Å². The molecule has 0 radical (unpaired) electrons. The molecule has 2 aromatic rings. The molecule has 1 aliphatic heterocycles. The van der Waals surface area contributed by atoms with E-state index in [9.17, 15) is 9.90 Å². The monoisotopic (exact) mass is 298 g/mol. The lowest BCUT2D eigenvalue weighted by Gasteiger charge is -2.24. The summed E-state index contributed by atoms with van der Waals surface area (Å²) in [6.07, 6.45) is 0.500. The fourth-order valence-electron chi connectivity index (χ4n) is 2.63. The van der Waals surface area contributed by atoms with Gasteiger partial charge in [0.25, 0.3) is 0 Å². The van der Waals surface area contributed by atoms with Gasteiger partial charge in [-0.3, -0.25) is 4.79 Å². The van der Waals surface area contributed by atoms with Crippen LogP contribution in [0.15, 0.2) is 36.4 Å². The van der Waals surface area contributed by atoms with E-state index in [0.717, 1.165) is 16.9 Å². The Bertz CT molecular complexity index is 704. The van der Waals surface area contributed by atoms with Gasteiger partial charge >= 0.3 is 5.97 Å². The van der Waals surface area contributed by atoms with E-state index in [1.54, 1.807) is 6.07 Å². The van der Waals surface area contributed by atoms with Crippen LogP contribution in [-0.2, 0) is 4.79 Å². The Morgan fingerprint density at radius 3 is 2.64 bits per heavy atom. The predicted octanol–water partition coefficient (Wildman–Crippen LogP) is 4.05. The second-order valence-corrected chi connectivity index (χ2v) is 5.60. The SMILES string of the molecule is Cc1ccc(Oc2cc3c(cc2C)C(C(=O)O)CCO3)cc1. The van der Waals surface area contributed by atoms with Gasteiger partial charge in [-0.2, -0.15) is 0 Å². The van der Waals surface area contributed by atoms with Crippen molar-refractivity contribution in [1.29, 1.82) is 0 Å². The Morgan fingerprint density at radius 1 is 1.23 bits per heavy atom. The molecule has 4 nitrogen and oxygen atoms in total. The molecular weight excluding hydrogens is 280 g/mol. The van der Waals surface area contributed by atoms with Crippen molar-refractivity contribution in [3.8, 4) is 17.2 Å². The topological polar surface area (TPSA) is 55.8 Å². The Labute approximate surface area is 129 Å². The third kappa shape index (κ3) is 2.77. The van der Waals surface area contributed by atoms with Gasteiger partial charge in [0.15, 0.2) is 0 Å². The molecule has 0 aliphatic carbocycles. The smallest absolute Gasteiger partial charge is 0.311 e. The van der Waals surface area contributed by atoms with E-state index in [1.807, 2.05) is 44.2 Å². The summed E-state index contributed by atoms with van der Waals surface area (Å²) < 4.78 is 11.5. The molecule has 0 spiro atoms. The molecule has 3 rings (SSSR count). The fourth-order valence-corrected chi connectivity index (χ4v) is 2.63. The molecule has 114 valence electrons. The van der Waals surface area contributed by atoms with Gasteiger partial charge in [0.05, 0.1) is 12.5 Å². The van der Waals surface area contributed by atoms with Gasteiger partial charge in [0, 0.05) is 11.6 Å². The van der Waals surface area contributed by atoms with Crippen molar-refractivity contribution >= 4 is 5.97 Å². The average molecular weight is 298 g/mol. The number of rotatable bonds is 3. The van der Waals surface area contributed by atoms with Gasteiger partial charge in [-0.25, -0.2) is 0 Å². The number of hydrogen-bond acceptors (Lipinski definition) is 3. The fraction of sp³-hybridized carbons (Fsp3) is 0.278. The molecule has 0 amide bonds. The molecule has 2 aromatic carbocycles. The lowest BCUT2D eigenvalue weighted by molar-refractivity contribution is -0.139. The van der Waals surface area contributed by atoms with Crippen LogP contribution in [-0.4, -0.2) is 17.7 Å². The summed E-state index contributed by atoms with van der Waals surface area (Å²) >= 11 is 0. The van der Waals surface area contributed by atoms with Crippen LogP contribution < -0.4 is 9.47 Å². The first-order chi connectivity index (χ1) is 10.5. The molecule has 1 heterocycles. The zero-order chi connectivity index (χ0) is 15.7. The van der Waals surface area contributed by atoms with Gasteiger partial charge in [-0.15, -0.1) is 0 Å². The summed E-state index contributed by atoms with van der Waals surface area (Å²) in [5.41, 5.74) is 2.80. The molecule has 0 aromatic heterocycles. The number of ether oxygens (including phenoxy) is 2. The second-order valence-electron chi connectivity index (χ2n) is 5.60. The molecule has 0 saturated heterocycles. The van der Waals surface area contributed by atoms with E-state index < -0.39 is 11.9 Å². The first-order valence-corrected chi connectivity index (χ1v) is 7.29. The Morgan fingerprint density at radius 2 is 1.95 bits per heavy atom. The van der Waals surface area contributed by atoms with Crippen molar-refractivity contribution in [2.45, 2.75) is 26.2 Å². The zero-order valence-electron chi connectivity index (χ0n) is 12.6. The van der Waals surface area contributed by atoms with Crippen molar-refractivity contribution in [2.24, 2.45) is 0 Å². The van der Waals surface area contributed by atoms with E-state index >= 15 is 0 Å². The first kappa shape index (κ1) is 14.4. The summed E-state index contributed by atoms with van der Waals surface area (Å²) in [5.74, 6) is 0.728. The highest BCUT2D eigenvalue weighted by Gasteiger charge is 2.28. The van der Waals surface area contributed by atoms with E-state index in [0.29, 0.717) is 24.5 Å². The number of carbonyl (C=O) groups is 1. The normalized spacial score (nSPS) is 16.5. The number of carboxylic acid groups (broad SMARTS) is 1. The van der Waals surface area contributed by atoms with E-state index in [2.05, 4.69) is 0 Å². The van der Waals surface area contributed by atoms with Crippen LogP contribution >= 0.6 is 0 Å². The predicted molar refractivity (Wildman–Crippen MR) is 82.9 cm³/mol. The number of aryl methyl sites for hydroxylation is 2. The van der Waals surface area contributed by atoms with E-state index in [-0.39, 0.29) is 0 Å². The van der Waals surface area contributed by atoms with E-state index in [1.165, 1.54) is 5.56 Å². The summed E-state index contributed by atoms with van der Waals surface area (Å²) in [6, 6.07) is 11.4. The van der Waals surface area contributed by atoms with Crippen molar-refractivity contribution in [3.05, 3.63) is 53.1 Å². The molecule has 1 unspecified atom stereocenters. The molecular formula is C18H18O4. The maximum Gasteiger partial charge on any atom is 0.311 e. The van der Waals surface area contributed by atoms with Crippen LogP contribution in [0.5, 0.6) is 17.2 Å². The largest absolute Gasteiger partial charge is 0.493 e. The number of benzene rings is 2. The van der Waals surface area contributed by atoms with Crippen molar-refractivity contribution in [3.63, 3.8) is 0 Å². The van der Waals surface area contributed by atoms with Gasteiger partial charge in [0.1, 0.15) is 17.2 Å². The van der Waals surface area contributed by atoms with Gasteiger partial charge in [0.2, 0.25) is 0 Å². The molecule has 1 aliphatic rings. The quantitative estimate of drug-likeness (QED) is 0.929. The lowest BCUT2D eigenvalue weighted by atomic mass is 9.92. The van der Waals surface area contributed by atoms with Gasteiger partial charge in [-0.05, 0) is 44.0 Å². The summed E-state index contributed by atoms with van der Waals surface area (Å²) in [6.45, 7) is 4.35. The van der Waals surface area contributed by atoms with Crippen LogP contribution in [0.25, 0.3) is 0 Å². The van der Waals surface area contributed by atoms with Gasteiger partial charge in [-0.1, -0.05) is 17.7 Å². The average Bonchev–Trinajstić information content (AvgIpc) is 2.49. The molecule has 0 fully saturated rings. The molecule has 0 saturated carbocycles. The Kier molecular flexibility index (Phi) is 3.75. The summed E-state index contributed by atoms with van der Waals surface area (Å²) in [7, 11) is 0. The number of fused-ring (bicyclic) bond motifs is 1. The lowest BCUT2D eigenvalue weighted by Crippen LogP contribution is -2.21. The summed E-state index contributed by atoms with van der Waals surface area (Å²) in [5, 5.41) is 9.32. The van der Waals surface area contributed by atoms with Crippen molar-refractivity contribution in [1.82, 2.24) is 0 Å². The highest BCUT2D eigenvalue weighted by Crippen LogP contribution is 2.39. The standard InChI is InChI=1S/C18H18O4/c1-11-3-5-13(6-4-11)22-16-10-17-15(9-12(16)2)14(18(19)20)7-8-21-17/h3-6,9-10,14H,7-8H2,1-2H3,(H,19,20). The van der Waals surface area contributed by atoms with Crippen LogP contribution in [0.3, 0.4) is 0 Å². The van der Waals surface area contributed by atoms with Gasteiger partial charge < -0.3 is 14.6 Å². The van der Waals surface area contributed by atoms with Crippen LogP contribution in [0, 0.1) is 13.8 Å². The molecule has 4 heteroatoms. The highest BCUT2D eigenvalue weighted by molar-refractivity contribution is 5.78. The molecule has 1 atom stereocenters. The maximum atomic E-state index is 11.3. The highest BCUT2D eigenvalue weighted by atomic mass is 16.5.